The number of allylic oxidation sites excluding steroid dienone is 1. The lowest BCUT2D eigenvalue weighted by atomic mass is 10.2. The van der Waals surface area contributed by atoms with E-state index in [0.29, 0.717) is 23.4 Å². The fourth-order valence-electron chi connectivity index (χ4n) is 2.69. The van der Waals surface area contributed by atoms with E-state index < -0.39 is 5.82 Å². The van der Waals surface area contributed by atoms with Crippen LogP contribution in [0, 0.1) is 11.7 Å². The SMILES string of the molecule is C=CCn1c(COc2ccccc2F)nnc1SCC(=O)NC(C)C1CC1. The van der Waals surface area contributed by atoms with Crippen LogP contribution in [-0.2, 0) is 17.9 Å². The van der Waals surface area contributed by atoms with Gasteiger partial charge in [0.2, 0.25) is 5.91 Å². The van der Waals surface area contributed by atoms with Crippen LogP contribution in [0.15, 0.2) is 42.1 Å². The number of halogens is 1. The van der Waals surface area contributed by atoms with Crippen LogP contribution in [0.4, 0.5) is 4.39 Å². The van der Waals surface area contributed by atoms with Crippen molar-refractivity contribution in [2.24, 2.45) is 5.92 Å². The molecule has 0 aliphatic heterocycles. The number of ether oxygens (including phenoxy) is 1. The Kier molecular flexibility index (Phi) is 6.49. The molecule has 27 heavy (non-hydrogen) atoms. The van der Waals surface area contributed by atoms with Crippen LogP contribution in [0.3, 0.4) is 0 Å². The van der Waals surface area contributed by atoms with E-state index >= 15 is 0 Å². The number of carbonyl (C=O) groups is 1. The number of aromatic nitrogens is 3. The van der Waals surface area contributed by atoms with E-state index in [-0.39, 0.29) is 30.1 Å². The van der Waals surface area contributed by atoms with Gasteiger partial charge in [0, 0.05) is 12.6 Å². The van der Waals surface area contributed by atoms with Gasteiger partial charge in [-0.1, -0.05) is 30.0 Å². The van der Waals surface area contributed by atoms with Gasteiger partial charge in [-0.25, -0.2) is 4.39 Å². The van der Waals surface area contributed by atoms with Crippen molar-refractivity contribution in [2.45, 2.75) is 44.1 Å². The molecular formula is C19H23FN4O2S. The van der Waals surface area contributed by atoms with Crippen molar-refractivity contribution in [1.82, 2.24) is 20.1 Å². The molecule has 1 saturated carbocycles. The Balaban J connectivity index is 1.59. The van der Waals surface area contributed by atoms with Crippen molar-refractivity contribution in [3.05, 3.63) is 48.6 Å². The van der Waals surface area contributed by atoms with Crippen LogP contribution >= 0.6 is 11.8 Å². The van der Waals surface area contributed by atoms with Gasteiger partial charge < -0.3 is 10.1 Å². The second-order valence-corrected chi connectivity index (χ2v) is 7.44. The van der Waals surface area contributed by atoms with Gasteiger partial charge in [0.05, 0.1) is 5.75 Å². The molecule has 1 aliphatic carbocycles. The van der Waals surface area contributed by atoms with E-state index in [9.17, 15) is 9.18 Å². The molecule has 1 fully saturated rings. The molecule has 0 bridgehead atoms. The number of hydrogen-bond donors (Lipinski definition) is 1. The molecule has 0 radical (unpaired) electrons. The number of amides is 1. The molecular weight excluding hydrogens is 367 g/mol. The average Bonchev–Trinajstić information content (AvgIpc) is 3.43. The van der Waals surface area contributed by atoms with Crippen molar-refractivity contribution >= 4 is 17.7 Å². The molecule has 3 rings (SSSR count). The fraction of sp³-hybridized carbons (Fsp3) is 0.421. The minimum absolute atomic E-state index is 0.0169. The zero-order valence-electron chi connectivity index (χ0n) is 15.2. The molecule has 1 aliphatic rings. The normalized spacial score (nSPS) is 14.6. The van der Waals surface area contributed by atoms with Gasteiger partial charge in [-0.3, -0.25) is 9.36 Å². The second kappa shape index (κ2) is 9.03. The van der Waals surface area contributed by atoms with Gasteiger partial charge >= 0.3 is 0 Å². The fourth-order valence-corrected chi connectivity index (χ4v) is 3.47. The summed E-state index contributed by atoms with van der Waals surface area (Å²) >= 11 is 1.31. The Morgan fingerprint density at radius 2 is 2.26 bits per heavy atom. The number of benzene rings is 1. The standard InChI is InChI=1S/C19H23FN4O2S/c1-3-10-24-17(11-26-16-7-5-4-6-15(16)20)22-23-19(24)27-12-18(25)21-13(2)14-8-9-14/h3-7,13-14H,1,8-12H2,2H3,(H,21,25). The lowest BCUT2D eigenvalue weighted by Crippen LogP contribution is -2.35. The third-order valence-corrected chi connectivity index (χ3v) is 5.32. The van der Waals surface area contributed by atoms with Gasteiger partial charge in [0.25, 0.3) is 0 Å². The number of thioether (sulfide) groups is 1. The van der Waals surface area contributed by atoms with Gasteiger partial charge in [-0.15, -0.1) is 16.8 Å². The average molecular weight is 390 g/mol. The summed E-state index contributed by atoms with van der Waals surface area (Å²) < 4.78 is 21.0. The minimum Gasteiger partial charge on any atom is -0.483 e. The highest BCUT2D eigenvalue weighted by Crippen LogP contribution is 2.32. The number of hydrogen-bond acceptors (Lipinski definition) is 5. The Labute approximate surface area is 162 Å². The third-order valence-electron chi connectivity index (χ3n) is 4.35. The summed E-state index contributed by atoms with van der Waals surface area (Å²) in [7, 11) is 0. The van der Waals surface area contributed by atoms with Crippen molar-refractivity contribution < 1.29 is 13.9 Å². The van der Waals surface area contributed by atoms with E-state index in [2.05, 4.69) is 22.1 Å². The maximum absolute atomic E-state index is 13.7. The van der Waals surface area contributed by atoms with E-state index in [1.54, 1.807) is 24.3 Å². The molecule has 0 saturated heterocycles. The molecule has 1 atom stereocenters. The summed E-state index contributed by atoms with van der Waals surface area (Å²) in [6, 6.07) is 6.42. The molecule has 0 spiro atoms. The molecule has 1 N–H and O–H groups in total. The number of nitrogens with one attached hydrogen (secondary N) is 1. The quantitative estimate of drug-likeness (QED) is 0.498. The van der Waals surface area contributed by atoms with E-state index in [1.165, 1.54) is 30.7 Å². The molecule has 8 heteroatoms. The maximum Gasteiger partial charge on any atom is 0.230 e. The van der Waals surface area contributed by atoms with E-state index in [0.717, 1.165) is 0 Å². The summed E-state index contributed by atoms with van der Waals surface area (Å²) in [5.41, 5.74) is 0. The first kappa shape index (κ1) is 19.4. The van der Waals surface area contributed by atoms with E-state index in [4.69, 9.17) is 4.74 Å². The summed E-state index contributed by atoms with van der Waals surface area (Å²) in [5, 5.41) is 11.9. The van der Waals surface area contributed by atoms with Crippen LogP contribution in [0.25, 0.3) is 0 Å². The molecule has 1 heterocycles. The predicted octanol–water partition coefficient (Wildman–Crippen LogP) is 3.19. The second-order valence-electron chi connectivity index (χ2n) is 6.50. The summed E-state index contributed by atoms with van der Waals surface area (Å²) in [5.74, 6) is 1.15. The predicted molar refractivity (Wildman–Crippen MR) is 102 cm³/mol. The van der Waals surface area contributed by atoms with Crippen LogP contribution in [0.5, 0.6) is 5.75 Å². The van der Waals surface area contributed by atoms with Crippen LogP contribution < -0.4 is 10.1 Å². The Hall–Kier alpha value is -2.35. The number of nitrogens with zero attached hydrogens (tertiary/aromatic N) is 3. The zero-order chi connectivity index (χ0) is 19.2. The van der Waals surface area contributed by atoms with Gasteiger partial charge in [-0.05, 0) is 37.8 Å². The van der Waals surface area contributed by atoms with Gasteiger partial charge in [0.1, 0.15) is 6.61 Å². The Bertz CT molecular complexity index is 807. The van der Waals surface area contributed by atoms with Crippen LogP contribution in [0.2, 0.25) is 0 Å². The zero-order valence-corrected chi connectivity index (χ0v) is 16.0. The third kappa shape index (κ3) is 5.32. The number of para-hydroxylation sites is 1. The highest BCUT2D eigenvalue weighted by Gasteiger charge is 2.28. The first-order chi connectivity index (χ1) is 13.1. The largest absolute Gasteiger partial charge is 0.483 e. The Morgan fingerprint density at radius 1 is 1.48 bits per heavy atom. The van der Waals surface area contributed by atoms with Gasteiger partial charge in [-0.2, -0.15) is 0 Å². The van der Waals surface area contributed by atoms with Crippen molar-refractivity contribution in [3.8, 4) is 5.75 Å². The topological polar surface area (TPSA) is 69.0 Å². The molecule has 1 unspecified atom stereocenters. The van der Waals surface area contributed by atoms with Crippen molar-refractivity contribution in [1.29, 1.82) is 0 Å². The summed E-state index contributed by atoms with van der Waals surface area (Å²) in [6.07, 6.45) is 4.09. The summed E-state index contributed by atoms with van der Waals surface area (Å²) in [6.45, 7) is 6.34. The highest BCUT2D eigenvalue weighted by atomic mass is 32.2. The molecule has 1 amide bonds. The maximum atomic E-state index is 13.7. The van der Waals surface area contributed by atoms with Crippen molar-refractivity contribution in [3.63, 3.8) is 0 Å². The lowest BCUT2D eigenvalue weighted by molar-refractivity contribution is -0.119. The van der Waals surface area contributed by atoms with Crippen LogP contribution in [0.1, 0.15) is 25.6 Å². The molecule has 1 aromatic heterocycles. The first-order valence-corrected chi connectivity index (χ1v) is 9.89. The highest BCUT2D eigenvalue weighted by molar-refractivity contribution is 7.99. The Morgan fingerprint density at radius 3 is 2.96 bits per heavy atom. The van der Waals surface area contributed by atoms with Crippen molar-refractivity contribution in [2.75, 3.05) is 5.75 Å². The number of carbonyl (C=O) groups excluding carboxylic acids is 1. The molecule has 2 aromatic rings. The molecule has 144 valence electrons. The van der Waals surface area contributed by atoms with Crippen LogP contribution in [-0.4, -0.2) is 32.5 Å². The first-order valence-electron chi connectivity index (χ1n) is 8.91. The minimum atomic E-state index is -0.427. The summed E-state index contributed by atoms with van der Waals surface area (Å²) in [4.78, 5) is 12.1. The molecule has 6 nitrogen and oxygen atoms in total. The lowest BCUT2D eigenvalue weighted by Gasteiger charge is -2.12. The van der Waals surface area contributed by atoms with Gasteiger partial charge in [0.15, 0.2) is 22.5 Å². The monoisotopic (exact) mass is 390 g/mol. The number of rotatable bonds is 10. The van der Waals surface area contributed by atoms with E-state index in [1.807, 2.05) is 11.5 Å². The smallest absolute Gasteiger partial charge is 0.230 e. The molecule has 1 aromatic carbocycles.